The fourth-order valence-electron chi connectivity index (χ4n) is 1.44. The standard InChI is InChI=1S/C12H13N3OS/c1-9-11(17-8-15-9)5-7-14-12(16)10-4-2-3-6-13-10/h2-4,6,8H,5,7H2,1H3,(H,14,16). The fourth-order valence-corrected chi connectivity index (χ4v) is 2.22. The van der Waals surface area contributed by atoms with E-state index in [1.165, 1.54) is 4.88 Å². The van der Waals surface area contributed by atoms with Crippen LogP contribution in [-0.2, 0) is 6.42 Å². The highest BCUT2D eigenvalue weighted by Crippen LogP contribution is 2.11. The monoisotopic (exact) mass is 247 g/mol. The third-order valence-corrected chi connectivity index (χ3v) is 3.37. The zero-order chi connectivity index (χ0) is 12.1. The molecule has 0 aliphatic heterocycles. The van der Waals surface area contributed by atoms with Gasteiger partial charge in [0.1, 0.15) is 5.69 Å². The Morgan fingerprint density at radius 3 is 2.94 bits per heavy atom. The smallest absolute Gasteiger partial charge is 0.269 e. The largest absolute Gasteiger partial charge is 0.350 e. The molecule has 0 aliphatic carbocycles. The second-order valence-corrected chi connectivity index (χ2v) is 4.52. The van der Waals surface area contributed by atoms with E-state index in [4.69, 9.17) is 0 Å². The van der Waals surface area contributed by atoms with Gasteiger partial charge in [-0.2, -0.15) is 0 Å². The van der Waals surface area contributed by atoms with Crippen LogP contribution in [0.25, 0.3) is 0 Å². The number of amides is 1. The van der Waals surface area contributed by atoms with Crippen molar-refractivity contribution in [2.75, 3.05) is 6.54 Å². The molecular formula is C12H13N3OS. The van der Waals surface area contributed by atoms with Crippen molar-refractivity contribution in [1.29, 1.82) is 0 Å². The summed E-state index contributed by atoms with van der Waals surface area (Å²) in [6, 6.07) is 5.29. The second-order valence-electron chi connectivity index (χ2n) is 3.58. The van der Waals surface area contributed by atoms with Crippen molar-refractivity contribution in [3.8, 4) is 0 Å². The van der Waals surface area contributed by atoms with Gasteiger partial charge < -0.3 is 5.32 Å². The van der Waals surface area contributed by atoms with E-state index in [0.717, 1.165) is 12.1 Å². The van der Waals surface area contributed by atoms with Gasteiger partial charge in [-0.15, -0.1) is 11.3 Å². The predicted molar refractivity (Wildman–Crippen MR) is 67.1 cm³/mol. The lowest BCUT2D eigenvalue weighted by atomic mass is 10.3. The van der Waals surface area contributed by atoms with E-state index < -0.39 is 0 Å². The summed E-state index contributed by atoms with van der Waals surface area (Å²) in [5, 5.41) is 2.84. The van der Waals surface area contributed by atoms with Gasteiger partial charge in [-0.1, -0.05) is 6.07 Å². The van der Waals surface area contributed by atoms with Crippen LogP contribution < -0.4 is 5.32 Å². The summed E-state index contributed by atoms with van der Waals surface area (Å²) in [5.74, 6) is -0.132. The van der Waals surface area contributed by atoms with E-state index in [1.54, 1.807) is 35.7 Å². The second kappa shape index (κ2) is 5.54. The molecule has 2 aromatic rings. The molecule has 0 radical (unpaired) electrons. The first-order chi connectivity index (χ1) is 8.27. The number of aryl methyl sites for hydroxylation is 1. The molecule has 0 atom stereocenters. The zero-order valence-electron chi connectivity index (χ0n) is 9.51. The molecular weight excluding hydrogens is 234 g/mol. The SMILES string of the molecule is Cc1ncsc1CCNC(=O)c1ccccn1. The predicted octanol–water partition coefficient (Wildman–Crippen LogP) is 1.82. The highest BCUT2D eigenvalue weighted by molar-refractivity contribution is 7.09. The summed E-state index contributed by atoms with van der Waals surface area (Å²) in [6.07, 6.45) is 2.43. The van der Waals surface area contributed by atoms with Crippen molar-refractivity contribution in [3.05, 3.63) is 46.2 Å². The maximum absolute atomic E-state index is 11.7. The molecule has 0 aliphatic rings. The molecule has 1 N–H and O–H groups in total. The minimum atomic E-state index is -0.132. The van der Waals surface area contributed by atoms with E-state index in [0.29, 0.717) is 12.2 Å². The molecule has 2 rings (SSSR count). The van der Waals surface area contributed by atoms with Gasteiger partial charge in [-0.25, -0.2) is 4.98 Å². The van der Waals surface area contributed by atoms with Gasteiger partial charge in [0.15, 0.2) is 0 Å². The van der Waals surface area contributed by atoms with E-state index in [9.17, 15) is 4.79 Å². The van der Waals surface area contributed by atoms with Crippen LogP contribution in [0.2, 0.25) is 0 Å². The quantitative estimate of drug-likeness (QED) is 0.896. The summed E-state index contributed by atoms with van der Waals surface area (Å²) in [7, 11) is 0. The summed E-state index contributed by atoms with van der Waals surface area (Å²) < 4.78 is 0. The number of nitrogens with one attached hydrogen (secondary N) is 1. The lowest BCUT2D eigenvalue weighted by Gasteiger charge is -2.03. The first-order valence-electron chi connectivity index (χ1n) is 5.35. The van der Waals surface area contributed by atoms with Crippen molar-refractivity contribution >= 4 is 17.2 Å². The Morgan fingerprint density at radius 1 is 1.41 bits per heavy atom. The van der Waals surface area contributed by atoms with Crippen LogP contribution in [0.15, 0.2) is 29.9 Å². The molecule has 1 amide bonds. The average molecular weight is 247 g/mol. The van der Waals surface area contributed by atoms with Crippen molar-refractivity contribution in [3.63, 3.8) is 0 Å². The number of carbonyl (C=O) groups excluding carboxylic acids is 1. The maximum atomic E-state index is 11.7. The van der Waals surface area contributed by atoms with Crippen molar-refractivity contribution in [2.45, 2.75) is 13.3 Å². The molecule has 0 saturated heterocycles. The number of hydrogen-bond donors (Lipinski definition) is 1. The van der Waals surface area contributed by atoms with Gasteiger partial charge in [0.05, 0.1) is 11.2 Å². The van der Waals surface area contributed by atoms with Gasteiger partial charge in [0.2, 0.25) is 0 Å². The van der Waals surface area contributed by atoms with Crippen LogP contribution in [-0.4, -0.2) is 22.4 Å². The highest BCUT2D eigenvalue weighted by atomic mass is 32.1. The van der Waals surface area contributed by atoms with Crippen LogP contribution in [0, 0.1) is 6.92 Å². The van der Waals surface area contributed by atoms with E-state index in [2.05, 4.69) is 15.3 Å². The fraction of sp³-hybridized carbons (Fsp3) is 0.250. The van der Waals surface area contributed by atoms with Crippen molar-refractivity contribution in [2.24, 2.45) is 0 Å². The van der Waals surface area contributed by atoms with E-state index >= 15 is 0 Å². The molecule has 0 unspecified atom stereocenters. The molecule has 5 heteroatoms. The number of pyridine rings is 1. The molecule has 0 bridgehead atoms. The van der Waals surface area contributed by atoms with Gasteiger partial charge >= 0.3 is 0 Å². The molecule has 2 heterocycles. The molecule has 4 nitrogen and oxygen atoms in total. The number of thiazole rings is 1. The Kier molecular flexibility index (Phi) is 3.82. The first-order valence-corrected chi connectivity index (χ1v) is 6.23. The third-order valence-electron chi connectivity index (χ3n) is 2.38. The summed E-state index contributed by atoms with van der Waals surface area (Å²) >= 11 is 1.62. The van der Waals surface area contributed by atoms with Crippen LogP contribution in [0.5, 0.6) is 0 Å². The van der Waals surface area contributed by atoms with Crippen molar-refractivity contribution in [1.82, 2.24) is 15.3 Å². The number of rotatable bonds is 4. The molecule has 0 fully saturated rings. The molecule has 0 aromatic carbocycles. The maximum Gasteiger partial charge on any atom is 0.269 e. The summed E-state index contributed by atoms with van der Waals surface area (Å²) in [6.45, 7) is 2.59. The number of hydrogen-bond acceptors (Lipinski definition) is 4. The third kappa shape index (κ3) is 3.10. The molecule has 17 heavy (non-hydrogen) atoms. The Morgan fingerprint density at radius 2 is 2.29 bits per heavy atom. The minimum Gasteiger partial charge on any atom is -0.350 e. The summed E-state index contributed by atoms with van der Waals surface area (Å²) in [4.78, 5) is 21.0. The van der Waals surface area contributed by atoms with Gasteiger partial charge in [-0.3, -0.25) is 9.78 Å². The topological polar surface area (TPSA) is 54.9 Å². The Bertz CT molecular complexity index is 495. The number of aromatic nitrogens is 2. The molecule has 2 aromatic heterocycles. The molecule has 0 spiro atoms. The minimum absolute atomic E-state index is 0.132. The Labute approximate surface area is 104 Å². The van der Waals surface area contributed by atoms with E-state index in [1.807, 2.05) is 12.4 Å². The van der Waals surface area contributed by atoms with Gasteiger partial charge in [-0.05, 0) is 19.1 Å². The highest BCUT2D eigenvalue weighted by Gasteiger charge is 2.06. The molecule has 88 valence electrons. The van der Waals surface area contributed by atoms with Crippen LogP contribution in [0.3, 0.4) is 0 Å². The lowest BCUT2D eigenvalue weighted by Crippen LogP contribution is -2.26. The number of nitrogens with zero attached hydrogens (tertiary/aromatic N) is 2. The zero-order valence-corrected chi connectivity index (χ0v) is 10.3. The van der Waals surface area contributed by atoms with Crippen LogP contribution >= 0.6 is 11.3 Å². The van der Waals surface area contributed by atoms with Gasteiger partial charge in [0, 0.05) is 24.0 Å². The van der Waals surface area contributed by atoms with Crippen LogP contribution in [0.1, 0.15) is 21.1 Å². The average Bonchev–Trinajstić information content (AvgIpc) is 2.76. The Balaban J connectivity index is 1.84. The summed E-state index contributed by atoms with van der Waals surface area (Å²) in [5.41, 5.74) is 3.32. The van der Waals surface area contributed by atoms with Gasteiger partial charge in [0.25, 0.3) is 5.91 Å². The number of carbonyl (C=O) groups is 1. The first kappa shape index (κ1) is 11.7. The molecule has 0 saturated carbocycles. The Hall–Kier alpha value is -1.75. The lowest BCUT2D eigenvalue weighted by molar-refractivity contribution is 0.0949. The normalized spacial score (nSPS) is 10.2. The van der Waals surface area contributed by atoms with E-state index in [-0.39, 0.29) is 5.91 Å². The van der Waals surface area contributed by atoms with Crippen LogP contribution in [0.4, 0.5) is 0 Å². The van der Waals surface area contributed by atoms with Crippen molar-refractivity contribution < 1.29 is 4.79 Å².